The third-order valence-corrected chi connectivity index (χ3v) is 4.63. The van der Waals surface area contributed by atoms with Gasteiger partial charge in [0.15, 0.2) is 0 Å². The lowest BCUT2D eigenvalue weighted by Gasteiger charge is -2.31. The molecule has 0 saturated carbocycles. The zero-order chi connectivity index (χ0) is 14.7. The number of rotatable bonds is 2. The standard InChI is InChI=1S/C14H16Br2N2O2/c1-9(19)18-6-4-11(5-7-18)17-14(20)12-8-10(15)2-3-13(12)16/h2-3,8,11H,4-7H2,1H3,(H,17,20). The molecule has 0 spiro atoms. The van der Waals surface area contributed by atoms with Gasteiger partial charge in [-0.2, -0.15) is 0 Å². The van der Waals surface area contributed by atoms with E-state index < -0.39 is 0 Å². The highest BCUT2D eigenvalue weighted by Crippen LogP contribution is 2.22. The third kappa shape index (κ3) is 3.82. The topological polar surface area (TPSA) is 49.4 Å². The Bertz CT molecular complexity index is 526. The van der Waals surface area contributed by atoms with Gasteiger partial charge in [-0.3, -0.25) is 9.59 Å². The van der Waals surface area contributed by atoms with E-state index in [9.17, 15) is 9.59 Å². The van der Waals surface area contributed by atoms with Crippen molar-refractivity contribution in [3.63, 3.8) is 0 Å². The van der Waals surface area contributed by atoms with Gasteiger partial charge in [-0.25, -0.2) is 0 Å². The number of amides is 2. The first-order valence-corrected chi connectivity index (χ1v) is 8.07. The van der Waals surface area contributed by atoms with Gasteiger partial charge < -0.3 is 10.2 Å². The summed E-state index contributed by atoms with van der Waals surface area (Å²) in [7, 11) is 0. The number of carbonyl (C=O) groups is 2. The molecular weight excluding hydrogens is 388 g/mol. The zero-order valence-electron chi connectivity index (χ0n) is 11.2. The van der Waals surface area contributed by atoms with E-state index in [2.05, 4.69) is 37.2 Å². The molecule has 0 unspecified atom stereocenters. The molecule has 108 valence electrons. The molecule has 1 aliphatic rings. The number of piperidine rings is 1. The van der Waals surface area contributed by atoms with Crippen molar-refractivity contribution in [2.24, 2.45) is 0 Å². The summed E-state index contributed by atoms with van der Waals surface area (Å²) >= 11 is 6.76. The summed E-state index contributed by atoms with van der Waals surface area (Å²) in [6, 6.07) is 5.65. The molecule has 2 rings (SSSR count). The summed E-state index contributed by atoms with van der Waals surface area (Å²) in [6.45, 7) is 3.00. The number of carbonyl (C=O) groups excluding carboxylic acids is 2. The first-order valence-electron chi connectivity index (χ1n) is 6.49. The van der Waals surface area contributed by atoms with Crippen molar-refractivity contribution in [1.29, 1.82) is 0 Å². The van der Waals surface area contributed by atoms with E-state index in [0.717, 1.165) is 21.8 Å². The second-order valence-corrected chi connectivity index (χ2v) is 6.65. The monoisotopic (exact) mass is 402 g/mol. The second-order valence-electron chi connectivity index (χ2n) is 4.88. The van der Waals surface area contributed by atoms with Crippen molar-refractivity contribution >= 4 is 43.7 Å². The molecule has 1 aromatic carbocycles. The Balaban J connectivity index is 1.96. The van der Waals surface area contributed by atoms with Crippen LogP contribution in [0.1, 0.15) is 30.1 Å². The second kappa shape index (κ2) is 6.72. The first-order chi connectivity index (χ1) is 9.47. The molecule has 0 aliphatic carbocycles. The predicted molar refractivity (Wildman–Crippen MR) is 84.6 cm³/mol. The molecule has 20 heavy (non-hydrogen) atoms. The van der Waals surface area contributed by atoms with E-state index in [1.54, 1.807) is 13.0 Å². The van der Waals surface area contributed by atoms with Gasteiger partial charge in [0.05, 0.1) is 5.56 Å². The van der Waals surface area contributed by atoms with Gasteiger partial charge >= 0.3 is 0 Å². The number of likely N-dealkylation sites (tertiary alicyclic amines) is 1. The number of halogens is 2. The van der Waals surface area contributed by atoms with Gasteiger partial charge in [0.25, 0.3) is 5.91 Å². The largest absolute Gasteiger partial charge is 0.349 e. The Labute approximate surface area is 135 Å². The quantitative estimate of drug-likeness (QED) is 0.825. The van der Waals surface area contributed by atoms with E-state index in [4.69, 9.17) is 0 Å². The highest BCUT2D eigenvalue weighted by atomic mass is 79.9. The molecule has 1 aliphatic heterocycles. The lowest BCUT2D eigenvalue weighted by atomic mass is 10.0. The van der Waals surface area contributed by atoms with E-state index in [-0.39, 0.29) is 17.9 Å². The number of hydrogen-bond donors (Lipinski definition) is 1. The molecule has 6 heteroatoms. The maximum absolute atomic E-state index is 12.3. The van der Waals surface area contributed by atoms with E-state index in [0.29, 0.717) is 18.7 Å². The fourth-order valence-electron chi connectivity index (χ4n) is 2.27. The lowest BCUT2D eigenvalue weighted by molar-refractivity contribution is -0.129. The molecule has 1 aromatic rings. The molecule has 1 fully saturated rings. The fraction of sp³-hybridized carbons (Fsp3) is 0.429. The summed E-state index contributed by atoms with van der Waals surface area (Å²) in [5.41, 5.74) is 0.619. The summed E-state index contributed by atoms with van der Waals surface area (Å²) in [4.78, 5) is 25.3. The summed E-state index contributed by atoms with van der Waals surface area (Å²) in [6.07, 6.45) is 1.61. The van der Waals surface area contributed by atoms with Crippen molar-refractivity contribution in [3.8, 4) is 0 Å². The number of benzene rings is 1. The Morgan fingerprint density at radius 1 is 1.25 bits per heavy atom. The van der Waals surface area contributed by atoms with Gasteiger partial charge in [-0.15, -0.1) is 0 Å². The van der Waals surface area contributed by atoms with Crippen LogP contribution < -0.4 is 5.32 Å². The smallest absolute Gasteiger partial charge is 0.252 e. The van der Waals surface area contributed by atoms with Crippen LogP contribution in [0.5, 0.6) is 0 Å². The molecule has 1 heterocycles. The van der Waals surface area contributed by atoms with Crippen LogP contribution in [0.3, 0.4) is 0 Å². The summed E-state index contributed by atoms with van der Waals surface area (Å²) in [5, 5.41) is 3.03. The molecule has 0 atom stereocenters. The predicted octanol–water partition coefficient (Wildman–Crippen LogP) is 2.95. The van der Waals surface area contributed by atoms with Crippen molar-refractivity contribution in [1.82, 2.24) is 10.2 Å². The van der Waals surface area contributed by atoms with Gasteiger partial charge in [0.1, 0.15) is 0 Å². The van der Waals surface area contributed by atoms with Gasteiger partial charge in [-0.05, 0) is 47.0 Å². The molecule has 1 N–H and O–H groups in total. The van der Waals surface area contributed by atoms with Gasteiger partial charge in [0, 0.05) is 35.0 Å². The molecule has 2 amide bonds. The van der Waals surface area contributed by atoms with E-state index in [1.165, 1.54) is 0 Å². The molecule has 0 aromatic heterocycles. The van der Waals surface area contributed by atoms with Crippen molar-refractivity contribution in [2.75, 3.05) is 13.1 Å². The van der Waals surface area contributed by atoms with Gasteiger partial charge in [0.2, 0.25) is 5.91 Å². The molecule has 1 saturated heterocycles. The summed E-state index contributed by atoms with van der Waals surface area (Å²) in [5.74, 6) is 0.0176. The Morgan fingerprint density at radius 2 is 1.90 bits per heavy atom. The number of nitrogens with zero attached hydrogens (tertiary/aromatic N) is 1. The minimum atomic E-state index is -0.0838. The fourth-order valence-corrected chi connectivity index (χ4v) is 3.06. The first kappa shape index (κ1) is 15.5. The molecule has 0 bridgehead atoms. The lowest BCUT2D eigenvalue weighted by Crippen LogP contribution is -2.46. The molecule has 4 nitrogen and oxygen atoms in total. The van der Waals surface area contributed by atoms with Crippen molar-refractivity contribution in [3.05, 3.63) is 32.7 Å². The highest BCUT2D eigenvalue weighted by molar-refractivity contribution is 9.11. The average molecular weight is 404 g/mol. The number of hydrogen-bond acceptors (Lipinski definition) is 2. The minimum absolute atomic E-state index is 0.0838. The number of nitrogens with one attached hydrogen (secondary N) is 1. The van der Waals surface area contributed by atoms with Crippen LogP contribution in [0.15, 0.2) is 27.1 Å². The van der Waals surface area contributed by atoms with Crippen LogP contribution in [0.25, 0.3) is 0 Å². The summed E-state index contributed by atoms with van der Waals surface area (Å²) < 4.78 is 1.65. The Hall–Kier alpha value is -0.880. The maximum Gasteiger partial charge on any atom is 0.252 e. The van der Waals surface area contributed by atoms with E-state index >= 15 is 0 Å². The van der Waals surface area contributed by atoms with E-state index in [1.807, 2.05) is 17.0 Å². The Morgan fingerprint density at radius 3 is 2.50 bits per heavy atom. The SMILES string of the molecule is CC(=O)N1CCC(NC(=O)c2cc(Br)ccc2Br)CC1. The normalized spacial score (nSPS) is 16.1. The minimum Gasteiger partial charge on any atom is -0.349 e. The van der Waals surface area contributed by atoms with Crippen LogP contribution in [-0.4, -0.2) is 35.8 Å². The van der Waals surface area contributed by atoms with Crippen LogP contribution in [0, 0.1) is 0 Å². The molecule has 0 radical (unpaired) electrons. The zero-order valence-corrected chi connectivity index (χ0v) is 14.3. The van der Waals surface area contributed by atoms with Crippen molar-refractivity contribution in [2.45, 2.75) is 25.8 Å². The van der Waals surface area contributed by atoms with Crippen molar-refractivity contribution < 1.29 is 9.59 Å². The molecular formula is C14H16Br2N2O2. The van der Waals surface area contributed by atoms with Crippen LogP contribution in [0.4, 0.5) is 0 Å². The highest BCUT2D eigenvalue weighted by Gasteiger charge is 2.23. The van der Waals surface area contributed by atoms with Gasteiger partial charge in [-0.1, -0.05) is 15.9 Å². The van der Waals surface area contributed by atoms with Crippen LogP contribution in [-0.2, 0) is 4.79 Å². The maximum atomic E-state index is 12.3. The Kier molecular flexibility index (Phi) is 5.21. The van der Waals surface area contributed by atoms with Crippen LogP contribution >= 0.6 is 31.9 Å². The average Bonchev–Trinajstić information content (AvgIpc) is 2.42. The van der Waals surface area contributed by atoms with Crippen LogP contribution in [0.2, 0.25) is 0 Å². The third-order valence-electron chi connectivity index (χ3n) is 3.45.